The largest absolute Gasteiger partial charge is 0.314 e. The van der Waals surface area contributed by atoms with Crippen LogP contribution in [0.4, 0.5) is 0 Å². The molecule has 0 aromatic rings. The standard InChI is InChI=1S/C14H26N2S/c1-10-8-16(9-11(2)17-10)14-6-3-12(14)7-15-13-4-5-13/h10-15H,3-9H2,1-2H3. The summed E-state index contributed by atoms with van der Waals surface area (Å²) in [4.78, 5) is 2.79. The molecule has 1 saturated heterocycles. The molecule has 2 saturated carbocycles. The minimum absolute atomic E-state index is 0.830. The highest BCUT2D eigenvalue weighted by molar-refractivity contribution is 8.00. The van der Waals surface area contributed by atoms with Crippen molar-refractivity contribution < 1.29 is 0 Å². The predicted octanol–water partition coefficient (Wildman–Crippen LogP) is 2.34. The second-order valence-electron chi connectivity index (χ2n) is 6.30. The van der Waals surface area contributed by atoms with E-state index in [1.165, 1.54) is 45.3 Å². The summed E-state index contributed by atoms with van der Waals surface area (Å²) in [6, 6.07) is 1.78. The lowest BCUT2D eigenvalue weighted by Crippen LogP contribution is -2.55. The molecule has 3 rings (SSSR count). The van der Waals surface area contributed by atoms with Crippen molar-refractivity contribution in [2.24, 2.45) is 5.92 Å². The Bertz CT molecular complexity index is 257. The Balaban J connectivity index is 1.48. The molecule has 0 amide bonds. The van der Waals surface area contributed by atoms with E-state index >= 15 is 0 Å². The minimum atomic E-state index is 0.830. The van der Waals surface area contributed by atoms with Crippen LogP contribution in [0.1, 0.15) is 39.5 Å². The van der Waals surface area contributed by atoms with Crippen molar-refractivity contribution in [3.05, 3.63) is 0 Å². The van der Waals surface area contributed by atoms with E-state index in [4.69, 9.17) is 0 Å². The van der Waals surface area contributed by atoms with Crippen molar-refractivity contribution in [2.75, 3.05) is 19.6 Å². The van der Waals surface area contributed by atoms with Gasteiger partial charge in [-0.2, -0.15) is 11.8 Å². The number of hydrogen-bond acceptors (Lipinski definition) is 3. The number of hydrogen-bond donors (Lipinski definition) is 1. The van der Waals surface area contributed by atoms with E-state index in [1.807, 2.05) is 0 Å². The first kappa shape index (κ1) is 12.3. The highest BCUT2D eigenvalue weighted by Gasteiger charge is 2.38. The first-order valence-corrected chi connectivity index (χ1v) is 8.29. The first-order valence-electron chi connectivity index (χ1n) is 7.35. The smallest absolute Gasteiger partial charge is 0.0149 e. The van der Waals surface area contributed by atoms with Crippen LogP contribution in [-0.2, 0) is 0 Å². The summed E-state index contributed by atoms with van der Waals surface area (Å²) in [5.41, 5.74) is 0. The molecule has 2 aliphatic carbocycles. The van der Waals surface area contributed by atoms with E-state index in [-0.39, 0.29) is 0 Å². The Morgan fingerprint density at radius 1 is 1.06 bits per heavy atom. The van der Waals surface area contributed by atoms with Gasteiger partial charge in [0.25, 0.3) is 0 Å². The van der Waals surface area contributed by atoms with E-state index in [0.717, 1.165) is 28.5 Å². The third-order valence-corrected chi connectivity index (χ3v) is 5.77. The maximum atomic E-state index is 3.72. The number of rotatable bonds is 4. The van der Waals surface area contributed by atoms with Gasteiger partial charge in [-0.1, -0.05) is 13.8 Å². The number of nitrogens with zero attached hydrogens (tertiary/aromatic N) is 1. The molecule has 1 N–H and O–H groups in total. The van der Waals surface area contributed by atoms with Crippen molar-refractivity contribution in [3.63, 3.8) is 0 Å². The Morgan fingerprint density at radius 3 is 2.29 bits per heavy atom. The van der Waals surface area contributed by atoms with Crippen molar-refractivity contribution in [1.29, 1.82) is 0 Å². The summed E-state index contributed by atoms with van der Waals surface area (Å²) in [6.07, 6.45) is 5.75. The van der Waals surface area contributed by atoms with Gasteiger partial charge in [-0.25, -0.2) is 0 Å². The van der Waals surface area contributed by atoms with Crippen molar-refractivity contribution >= 4 is 11.8 Å². The molecule has 2 nitrogen and oxygen atoms in total. The highest BCUT2D eigenvalue weighted by Crippen LogP contribution is 2.36. The van der Waals surface area contributed by atoms with Crippen LogP contribution >= 0.6 is 11.8 Å². The number of nitrogens with one attached hydrogen (secondary N) is 1. The van der Waals surface area contributed by atoms with Crippen LogP contribution in [-0.4, -0.2) is 47.1 Å². The molecule has 0 aromatic carbocycles. The van der Waals surface area contributed by atoms with E-state index in [0.29, 0.717) is 0 Å². The summed E-state index contributed by atoms with van der Waals surface area (Å²) < 4.78 is 0. The quantitative estimate of drug-likeness (QED) is 0.829. The average Bonchev–Trinajstić information content (AvgIpc) is 2.98. The van der Waals surface area contributed by atoms with E-state index in [9.17, 15) is 0 Å². The molecule has 4 atom stereocenters. The Labute approximate surface area is 110 Å². The van der Waals surface area contributed by atoms with E-state index in [1.54, 1.807) is 0 Å². The maximum Gasteiger partial charge on any atom is 0.0149 e. The summed E-state index contributed by atoms with van der Waals surface area (Å²) in [7, 11) is 0. The molecule has 98 valence electrons. The van der Waals surface area contributed by atoms with Crippen LogP contribution in [0.25, 0.3) is 0 Å². The van der Waals surface area contributed by atoms with Crippen LogP contribution in [0.3, 0.4) is 0 Å². The normalized spacial score (nSPS) is 43.4. The fourth-order valence-corrected chi connectivity index (χ4v) is 4.71. The third kappa shape index (κ3) is 2.99. The lowest BCUT2D eigenvalue weighted by Gasteiger charge is -2.48. The van der Waals surface area contributed by atoms with Gasteiger partial charge in [-0.05, 0) is 38.1 Å². The Morgan fingerprint density at radius 2 is 1.76 bits per heavy atom. The van der Waals surface area contributed by atoms with E-state index < -0.39 is 0 Å². The van der Waals surface area contributed by atoms with Gasteiger partial charge in [0.15, 0.2) is 0 Å². The van der Waals surface area contributed by atoms with Gasteiger partial charge in [-0.3, -0.25) is 4.90 Å². The minimum Gasteiger partial charge on any atom is -0.314 e. The van der Waals surface area contributed by atoms with Gasteiger partial charge >= 0.3 is 0 Å². The zero-order valence-corrected chi connectivity index (χ0v) is 12.0. The zero-order valence-electron chi connectivity index (χ0n) is 11.2. The molecular formula is C14H26N2S. The van der Waals surface area contributed by atoms with E-state index in [2.05, 4.69) is 35.8 Å². The molecule has 0 radical (unpaired) electrons. The fraction of sp³-hybridized carbons (Fsp3) is 1.00. The second-order valence-corrected chi connectivity index (χ2v) is 8.18. The van der Waals surface area contributed by atoms with Gasteiger partial charge in [0.2, 0.25) is 0 Å². The van der Waals surface area contributed by atoms with Crippen LogP contribution in [0.15, 0.2) is 0 Å². The fourth-order valence-electron chi connectivity index (χ4n) is 3.36. The van der Waals surface area contributed by atoms with Crippen LogP contribution in [0.2, 0.25) is 0 Å². The highest BCUT2D eigenvalue weighted by atomic mass is 32.2. The second kappa shape index (κ2) is 5.10. The van der Waals surface area contributed by atoms with Gasteiger partial charge < -0.3 is 5.32 Å². The molecule has 0 spiro atoms. The summed E-state index contributed by atoms with van der Waals surface area (Å²) in [5.74, 6) is 0.943. The van der Waals surface area contributed by atoms with Gasteiger partial charge in [0, 0.05) is 35.7 Å². The molecule has 17 heavy (non-hydrogen) atoms. The maximum absolute atomic E-state index is 3.72. The summed E-state index contributed by atoms with van der Waals surface area (Å²) in [5, 5.41) is 5.38. The Hall–Kier alpha value is 0.270. The molecule has 0 bridgehead atoms. The summed E-state index contributed by atoms with van der Waals surface area (Å²) >= 11 is 2.17. The molecule has 0 aromatic heterocycles. The molecule has 3 fully saturated rings. The molecule has 4 unspecified atom stereocenters. The molecular weight excluding hydrogens is 228 g/mol. The van der Waals surface area contributed by atoms with Crippen molar-refractivity contribution in [3.8, 4) is 0 Å². The first-order chi connectivity index (χ1) is 8.22. The van der Waals surface area contributed by atoms with Crippen LogP contribution in [0, 0.1) is 5.92 Å². The molecule has 1 aliphatic heterocycles. The number of thioether (sulfide) groups is 1. The van der Waals surface area contributed by atoms with Crippen molar-refractivity contribution in [1.82, 2.24) is 10.2 Å². The topological polar surface area (TPSA) is 15.3 Å². The third-order valence-electron chi connectivity index (χ3n) is 4.54. The van der Waals surface area contributed by atoms with Gasteiger partial charge in [0.1, 0.15) is 0 Å². The van der Waals surface area contributed by atoms with Crippen LogP contribution < -0.4 is 5.32 Å². The SMILES string of the molecule is CC1CN(C2CCC2CNC2CC2)CC(C)S1. The zero-order chi connectivity index (χ0) is 11.8. The van der Waals surface area contributed by atoms with Gasteiger partial charge in [-0.15, -0.1) is 0 Å². The predicted molar refractivity (Wildman–Crippen MR) is 75.6 cm³/mol. The Kier molecular flexibility index (Phi) is 3.69. The molecule has 3 aliphatic rings. The lowest BCUT2D eigenvalue weighted by atomic mass is 9.78. The average molecular weight is 254 g/mol. The van der Waals surface area contributed by atoms with Crippen LogP contribution in [0.5, 0.6) is 0 Å². The van der Waals surface area contributed by atoms with Gasteiger partial charge in [0.05, 0.1) is 0 Å². The molecule has 3 heteroatoms. The van der Waals surface area contributed by atoms with Crippen molar-refractivity contribution in [2.45, 2.75) is 62.1 Å². The lowest BCUT2D eigenvalue weighted by molar-refractivity contribution is 0.0603. The molecule has 1 heterocycles. The monoisotopic (exact) mass is 254 g/mol. The summed E-state index contributed by atoms with van der Waals surface area (Å²) in [6.45, 7) is 8.70.